The molecule has 100 valence electrons. The number of ether oxygens (including phenoxy) is 2. The fourth-order valence-corrected chi connectivity index (χ4v) is 2.63. The van der Waals surface area contributed by atoms with Crippen LogP contribution < -0.4 is 5.32 Å². The lowest BCUT2D eigenvalue weighted by Gasteiger charge is -2.34. The average Bonchev–Trinajstić information content (AvgIpc) is 2.32. The molecular weight excluding hydrogens is 216 g/mol. The summed E-state index contributed by atoms with van der Waals surface area (Å²) in [7, 11) is 0. The predicted octanol–water partition coefficient (Wildman–Crippen LogP) is 0.864. The molecule has 0 amide bonds. The van der Waals surface area contributed by atoms with Crippen LogP contribution in [-0.2, 0) is 9.47 Å². The molecule has 0 aliphatic carbocycles. The van der Waals surface area contributed by atoms with Crippen LogP contribution in [0.1, 0.15) is 26.7 Å². The first-order valence-electron chi connectivity index (χ1n) is 6.92. The molecule has 2 saturated heterocycles. The smallest absolute Gasteiger partial charge is 0.0936 e. The number of hydrogen-bond donors (Lipinski definition) is 1. The first kappa shape index (κ1) is 13.3. The Bertz CT molecular complexity index is 207. The lowest BCUT2D eigenvalue weighted by molar-refractivity contribution is -0.0981. The lowest BCUT2D eigenvalue weighted by atomic mass is 10.1. The van der Waals surface area contributed by atoms with Crippen molar-refractivity contribution in [3.8, 4) is 0 Å². The van der Waals surface area contributed by atoms with Crippen LogP contribution in [0.15, 0.2) is 0 Å². The molecule has 4 nitrogen and oxygen atoms in total. The standard InChI is InChI=1S/C13H26N2O2/c1-11-3-5-15(6-4-12(2)14-11)9-13-10-16-7-8-17-13/h11-14H,3-10H2,1-2H3. The highest BCUT2D eigenvalue weighted by Gasteiger charge is 2.21. The molecule has 0 bridgehead atoms. The molecule has 0 saturated carbocycles. The van der Waals surface area contributed by atoms with Crippen molar-refractivity contribution in [2.24, 2.45) is 0 Å². The topological polar surface area (TPSA) is 33.7 Å². The molecule has 3 atom stereocenters. The van der Waals surface area contributed by atoms with E-state index in [-0.39, 0.29) is 6.10 Å². The summed E-state index contributed by atoms with van der Waals surface area (Å²) >= 11 is 0. The molecule has 0 radical (unpaired) electrons. The van der Waals surface area contributed by atoms with Crippen LogP contribution in [0.4, 0.5) is 0 Å². The van der Waals surface area contributed by atoms with E-state index in [9.17, 15) is 0 Å². The Kier molecular flexibility index (Phi) is 5.22. The van der Waals surface area contributed by atoms with Crippen molar-refractivity contribution in [3.63, 3.8) is 0 Å². The molecular formula is C13H26N2O2. The zero-order valence-corrected chi connectivity index (χ0v) is 11.2. The third kappa shape index (κ3) is 4.54. The highest BCUT2D eigenvalue weighted by atomic mass is 16.6. The van der Waals surface area contributed by atoms with Gasteiger partial charge in [-0.25, -0.2) is 0 Å². The van der Waals surface area contributed by atoms with Gasteiger partial charge in [0.15, 0.2) is 0 Å². The van der Waals surface area contributed by atoms with Crippen LogP contribution in [0.5, 0.6) is 0 Å². The molecule has 0 spiro atoms. The summed E-state index contributed by atoms with van der Waals surface area (Å²) in [5.41, 5.74) is 0. The summed E-state index contributed by atoms with van der Waals surface area (Å²) in [5.74, 6) is 0. The third-order valence-corrected chi connectivity index (χ3v) is 3.67. The molecule has 1 N–H and O–H groups in total. The van der Waals surface area contributed by atoms with Gasteiger partial charge in [0.2, 0.25) is 0 Å². The monoisotopic (exact) mass is 242 g/mol. The van der Waals surface area contributed by atoms with Crippen molar-refractivity contribution in [2.75, 3.05) is 39.5 Å². The number of hydrogen-bond acceptors (Lipinski definition) is 4. The normalized spacial score (nSPS) is 37.4. The van der Waals surface area contributed by atoms with Crippen LogP contribution >= 0.6 is 0 Å². The number of nitrogens with one attached hydrogen (secondary N) is 1. The van der Waals surface area contributed by atoms with Gasteiger partial charge in [0.1, 0.15) is 0 Å². The van der Waals surface area contributed by atoms with Gasteiger partial charge in [-0.1, -0.05) is 0 Å². The van der Waals surface area contributed by atoms with Gasteiger partial charge < -0.3 is 19.7 Å². The molecule has 0 aromatic heterocycles. The van der Waals surface area contributed by atoms with Gasteiger partial charge in [-0.2, -0.15) is 0 Å². The summed E-state index contributed by atoms with van der Waals surface area (Å²) in [6.45, 7) is 10.2. The van der Waals surface area contributed by atoms with Gasteiger partial charge in [-0.15, -0.1) is 0 Å². The maximum atomic E-state index is 5.72. The van der Waals surface area contributed by atoms with E-state index in [2.05, 4.69) is 24.1 Å². The van der Waals surface area contributed by atoms with Crippen LogP contribution in [0.3, 0.4) is 0 Å². The minimum absolute atomic E-state index is 0.279. The Hall–Kier alpha value is -0.160. The fraction of sp³-hybridized carbons (Fsp3) is 1.00. The minimum atomic E-state index is 0.279. The molecule has 4 heteroatoms. The minimum Gasteiger partial charge on any atom is -0.376 e. The Morgan fingerprint density at radius 1 is 1.12 bits per heavy atom. The SMILES string of the molecule is CC1CCN(CC2COCCO2)CCC(C)N1. The molecule has 2 aliphatic heterocycles. The van der Waals surface area contributed by atoms with E-state index in [1.807, 2.05) is 0 Å². The van der Waals surface area contributed by atoms with Crippen LogP contribution in [0, 0.1) is 0 Å². The van der Waals surface area contributed by atoms with Gasteiger partial charge in [-0.3, -0.25) is 0 Å². The second kappa shape index (κ2) is 6.69. The maximum Gasteiger partial charge on any atom is 0.0936 e. The van der Waals surface area contributed by atoms with Crippen molar-refractivity contribution >= 4 is 0 Å². The summed E-state index contributed by atoms with van der Waals surface area (Å²) in [6, 6.07) is 1.24. The Labute approximate surface area is 105 Å². The molecule has 0 aromatic carbocycles. The van der Waals surface area contributed by atoms with Crippen molar-refractivity contribution in [1.82, 2.24) is 10.2 Å². The highest BCUT2D eigenvalue weighted by molar-refractivity contribution is 4.77. The number of nitrogens with zero attached hydrogens (tertiary/aromatic N) is 1. The number of rotatable bonds is 2. The fourth-order valence-electron chi connectivity index (χ4n) is 2.63. The molecule has 0 aromatic rings. The molecule has 2 heterocycles. The van der Waals surface area contributed by atoms with E-state index in [1.54, 1.807) is 0 Å². The second-order valence-corrected chi connectivity index (χ2v) is 5.41. The summed E-state index contributed by atoms with van der Waals surface area (Å²) < 4.78 is 11.2. The molecule has 2 rings (SSSR count). The van der Waals surface area contributed by atoms with Crippen molar-refractivity contribution in [2.45, 2.75) is 44.9 Å². The van der Waals surface area contributed by atoms with Crippen molar-refractivity contribution < 1.29 is 9.47 Å². The zero-order valence-electron chi connectivity index (χ0n) is 11.2. The summed E-state index contributed by atoms with van der Waals surface area (Å²) in [4.78, 5) is 2.53. The Morgan fingerprint density at radius 3 is 2.41 bits per heavy atom. The van der Waals surface area contributed by atoms with E-state index in [0.29, 0.717) is 12.1 Å². The molecule has 2 aliphatic rings. The van der Waals surface area contributed by atoms with E-state index < -0.39 is 0 Å². The van der Waals surface area contributed by atoms with Gasteiger partial charge >= 0.3 is 0 Å². The third-order valence-electron chi connectivity index (χ3n) is 3.67. The lowest BCUT2D eigenvalue weighted by Crippen LogP contribution is -2.46. The average molecular weight is 242 g/mol. The van der Waals surface area contributed by atoms with E-state index in [1.165, 1.54) is 25.9 Å². The Morgan fingerprint density at radius 2 is 1.82 bits per heavy atom. The quantitative estimate of drug-likeness (QED) is 0.779. The van der Waals surface area contributed by atoms with Crippen LogP contribution in [0.2, 0.25) is 0 Å². The first-order chi connectivity index (χ1) is 8.24. The van der Waals surface area contributed by atoms with Crippen molar-refractivity contribution in [3.05, 3.63) is 0 Å². The van der Waals surface area contributed by atoms with Gasteiger partial charge in [0.05, 0.1) is 25.9 Å². The van der Waals surface area contributed by atoms with E-state index in [4.69, 9.17) is 9.47 Å². The van der Waals surface area contributed by atoms with Crippen molar-refractivity contribution in [1.29, 1.82) is 0 Å². The molecule has 3 unspecified atom stereocenters. The zero-order chi connectivity index (χ0) is 12.1. The first-order valence-corrected chi connectivity index (χ1v) is 6.92. The highest BCUT2D eigenvalue weighted by Crippen LogP contribution is 2.09. The van der Waals surface area contributed by atoms with Crippen LogP contribution in [0.25, 0.3) is 0 Å². The second-order valence-electron chi connectivity index (χ2n) is 5.41. The maximum absolute atomic E-state index is 5.72. The van der Waals surface area contributed by atoms with Gasteiger partial charge in [0, 0.05) is 18.6 Å². The molecule has 2 fully saturated rings. The van der Waals surface area contributed by atoms with E-state index >= 15 is 0 Å². The largest absolute Gasteiger partial charge is 0.376 e. The predicted molar refractivity (Wildman–Crippen MR) is 68.3 cm³/mol. The molecule has 17 heavy (non-hydrogen) atoms. The van der Waals surface area contributed by atoms with Crippen LogP contribution in [-0.4, -0.2) is 62.5 Å². The van der Waals surface area contributed by atoms with Gasteiger partial charge in [0.25, 0.3) is 0 Å². The summed E-state index contributed by atoms with van der Waals surface area (Å²) in [5, 5.41) is 3.62. The van der Waals surface area contributed by atoms with E-state index in [0.717, 1.165) is 26.4 Å². The summed E-state index contributed by atoms with van der Waals surface area (Å²) in [6.07, 6.45) is 2.72. The van der Waals surface area contributed by atoms with Gasteiger partial charge in [-0.05, 0) is 39.8 Å². The Balaban J connectivity index is 1.77.